The van der Waals surface area contributed by atoms with Gasteiger partial charge in [-0.2, -0.15) is 0 Å². The van der Waals surface area contributed by atoms with Crippen molar-refractivity contribution in [2.24, 2.45) is 5.73 Å². The van der Waals surface area contributed by atoms with E-state index in [-0.39, 0.29) is 12.5 Å². The number of nitrogens with one attached hydrogen (secondary N) is 1. The smallest absolute Gasteiger partial charge is 0.244 e. The molecule has 1 aromatic heterocycles. The Bertz CT molecular complexity index is 563. The molecule has 0 spiro atoms. The number of hydrogen-bond acceptors (Lipinski definition) is 4. The molecule has 0 aliphatic rings. The molecular weight excluding hydrogens is 256 g/mol. The normalized spacial score (nSPS) is 10.3. The molecule has 3 N–H and O–H groups in total. The van der Waals surface area contributed by atoms with Crippen molar-refractivity contribution in [1.29, 1.82) is 0 Å². The van der Waals surface area contributed by atoms with Crippen LogP contribution in [0.15, 0.2) is 36.8 Å². The molecule has 1 aromatic carbocycles. The van der Waals surface area contributed by atoms with E-state index in [0.717, 1.165) is 17.1 Å². The first-order valence-corrected chi connectivity index (χ1v) is 6.36. The number of hydrogen-bond donors (Lipinski definition) is 2. The fourth-order valence-corrected chi connectivity index (χ4v) is 1.81. The number of aromatic nitrogens is 2. The lowest BCUT2D eigenvalue weighted by Gasteiger charge is -2.06. The molecule has 0 fully saturated rings. The number of anilines is 1. The topological polar surface area (TPSA) is 82.2 Å². The van der Waals surface area contributed by atoms with Crippen LogP contribution in [0.1, 0.15) is 5.69 Å². The molecule has 0 unspecified atom stereocenters. The Hall–Kier alpha value is -2.34. The van der Waals surface area contributed by atoms with Crippen molar-refractivity contribution < 1.29 is 9.53 Å². The summed E-state index contributed by atoms with van der Waals surface area (Å²) in [7, 11) is 1.60. The third kappa shape index (κ3) is 3.83. The number of methoxy groups -OCH3 is 1. The predicted octanol–water partition coefficient (Wildman–Crippen LogP) is 1.03. The number of benzene rings is 1. The first kappa shape index (κ1) is 14.1. The second-order valence-electron chi connectivity index (χ2n) is 4.35. The summed E-state index contributed by atoms with van der Waals surface area (Å²) in [5, 5.41) is 2.82. The van der Waals surface area contributed by atoms with Crippen LogP contribution in [0.3, 0.4) is 0 Å². The van der Waals surface area contributed by atoms with Crippen molar-refractivity contribution >= 4 is 11.6 Å². The molecule has 6 nitrogen and oxygen atoms in total. The average Bonchev–Trinajstić information content (AvgIpc) is 2.87. The van der Waals surface area contributed by atoms with Crippen molar-refractivity contribution in [1.82, 2.24) is 9.55 Å². The SMILES string of the molecule is COc1ccc(NC(=O)Cn2cnc(CCN)c2)cc1. The lowest BCUT2D eigenvalue weighted by atomic mass is 10.3. The van der Waals surface area contributed by atoms with E-state index < -0.39 is 0 Å². The summed E-state index contributed by atoms with van der Waals surface area (Å²) in [5.41, 5.74) is 7.09. The fraction of sp³-hybridized carbons (Fsp3) is 0.286. The highest BCUT2D eigenvalue weighted by Gasteiger charge is 2.05. The highest BCUT2D eigenvalue weighted by atomic mass is 16.5. The molecule has 0 saturated carbocycles. The molecule has 0 aliphatic heterocycles. The Kier molecular flexibility index (Phi) is 4.73. The molecule has 2 rings (SSSR count). The van der Waals surface area contributed by atoms with Gasteiger partial charge in [-0.15, -0.1) is 0 Å². The summed E-state index contributed by atoms with van der Waals surface area (Å²) in [6, 6.07) is 7.19. The van der Waals surface area contributed by atoms with Crippen LogP contribution < -0.4 is 15.8 Å². The maximum Gasteiger partial charge on any atom is 0.244 e. The minimum absolute atomic E-state index is 0.105. The molecule has 0 bridgehead atoms. The summed E-state index contributed by atoms with van der Waals surface area (Å²) in [6.07, 6.45) is 4.19. The van der Waals surface area contributed by atoms with Crippen molar-refractivity contribution in [2.75, 3.05) is 19.0 Å². The Balaban J connectivity index is 1.90. The van der Waals surface area contributed by atoms with Crippen molar-refractivity contribution in [3.63, 3.8) is 0 Å². The van der Waals surface area contributed by atoms with E-state index >= 15 is 0 Å². The zero-order valence-electron chi connectivity index (χ0n) is 11.4. The third-order valence-electron chi connectivity index (χ3n) is 2.79. The lowest BCUT2D eigenvalue weighted by molar-refractivity contribution is -0.116. The Labute approximate surface area is 117 Å². The van der Waals surface area contributed by atoms with E-state index in [1.807, 2.05) is 6.20 Å². The third-order valence-corrected chi connectivity index (χ3v) is 2.79. The summed E-state index contributed by atoms with van der Waals surface area (Å²) in [4.78, 5) is 16.1. The van der Waals surface area contributed by atoms with Crippen LogP contribution in [0.25, 0.3) is 0 Å². The number of nitrogens with zero attached hydrogens (tertiary/aromatic N) is 2. The number of imidazole rings is 1. The number of rotatable bonds is 6. The van der Waals surface area contributed by atoms with Crippen LogP contribution in [-0.4, -0.2) is 29.1 Å². The number of amides is 1. The monoisotopic (exact) mass is 274 g/mol. The summed E-state index contributed by atoms with van der Waals surface area (Å²) in [6.45, 7) is 0.776. The highest BCUT2D eigenvalue weighted by Crippen LogP contribution is 2.14. The van der Waals surface area contributed by atoms with Gasteiger partial charge in [-0.1, -0.05) is 0 Å². The lowest BCUT2D eigenvalue weighted by Crippen LogP contribution is -2.17. The molecule has 20 heavy (non-hydrogen) atoms. The first-order chi connectivity index (χ1) is 9.71. The van der Waals surface area contributed by atoms with Gasteiger partial charge < -0.3 is 20.4 Å². The quantitative estimate of drug-likeness (QED) is 0.824. The Morgan fingerprint density at radius 3 is 2.80 bits per heavy atom. The van der Waals surface area contributed by atoms with E-state index in [1.165, 1.54) is 0 Å². The van der Waals surface area contributed by atoms with Crippen LogP contribution in [0, 0.1) is 0 Å². The van der Waals surface area contributed by atoms with E-state index in [0.29, 0.717) is 13.0 Å². The van der Waals surface area contributed by atoms with Gasteiger partial charge in [0.25, 0.3) is 0 Å². The van der Waals surface area contributed by atoms with E-state index in [1.54, 1.807) is 42.3 Å². The maximum absolute atomic E-state index is 11.9. The molecule has 1 amide bonds. The minimum atomic E-state index is -0.105. The number of carbonyl (C=O) groups is 1. The standard InChI is InChI=1S/C14H18N4O2/c1-20-13-4-2-11(3-5-13)17-14(19)9-18-8-12(6-7-15)16-10-18/h2-5,8,10H,6-7,9,15H2,1H3,(H,17,19). The molecule has 0 radical (unpaired) electrons. The molecule has 0 aliphatic carbocycles. The molecule has 6 heteroatoms. The van der Waals surface area contributed by atoms with Crippen LogP contribution in [-0.2, 0) is 17.8 Å². The molecule has 106 valence electrons. The van der Waals surface area contributed by atoms with E-state index in [4.69, 9.17) is 10.5 Å². The van der Waals surface area contributed by atoms with Gasteiger partial charge in [0.2, 0.25) is 5.91 Å². The van der Waals surface area contributed by atoms with Crippen LogP contribution in [0.2, 0.25) is 0 Å². The van der Waals surface area contributed by atoms with E-state index in [9.17, 15) is 4.79 Å². The summed E-state index contributed by atoms with van der Waals surface area (Å²) >= 11 is 0. The second kappa shape index (κ2) is 6.72. The number of carbonyl (C=O) groups excluding carboxylic acids is 1. The van der Waals surface area contributed by atoms with Gasteiger partial charge in [0.15, 0.2) is 0 Å². The van der Waals surface area contributed by atoms with Crippen molar-refractivity contribution in [2.45, 2.75) is 13.0 Å². The Morgan fingerprint density at radius 2 is 2.15 bits per heavy atom. The molecule has 2 aromatic rings. The highest BCUT2D eigenvalue weighted by molar-refractivity contribution is 5.90. The van der Waals surface area contributed by atoms with Gasteiger partial charge in [0, 0.05) is 18.3 Å². The van der Waals surface area contributed by atoms with Gasteiger partial charge in [0.1, 0.15) is 12.3 Å². The van der Waals surface area contributed by atoms with E-state index in [2.05, 4.69) is 10.3 Å². The van der Waals surface area contributed by atoms with Gasteiger partial charge >= 0.3 is 0 Å². The van der Waals surface area contributed by atoms with Gasteiger partial charge in [0.05, 0.1) is 19.1 Å². The van der Waals surface area contributed by atoms with Gasteiger partial charge in [-0.3, -0.25) is 4.79 Å². The molecule has 0 atom stereocenters. The largest absolute Gasteiger partial charge is 0.497 e. The number of nitrogens with two attached hydrogens (primary N) is 1. The molecule has 0 saturated heterocycles. The predicted molar refractivity (Wildman–Crippen MR) is 76.6 cm³/mol. The van der Waals surface area contributed by atoms with Crippen molar-refractivity contribution in [3.8, 4) is 5.75 Å². The molecular formula is C14H18N4O2. The van der Waals surface area contributed by atoms with Crippen LogP contribution >= 0.6 is 0 Å². The second-order valence-corrected chi connectivity index (χ2v) is 4.35. The van der Waals surface area contributed by atoms with Gasteiger partial charge in [-0.25, -0.2) is 4.98 Å². The minimum Gasteiger partial charge on any atom is -0.497 e. The molecule has 1 heterocycles. The summed E-state index contributed by atoms with van der Waals surface area (Å²) in [5.74, 6) is 0.649. The van der Waals surface area contributed by atoms with Gasteiger partial charge in [-0.05, 0) is 30.8 Å². The zero-order chi connectivity index (χ0) is 14.4. The fourth-order valence-electron chi connectivity index (χ4n) is 1.81. The van der Waals surface area contributed by atoms with Crippen LogP contribution in [0.4, 0.5) is 5.69 Å². The number of ether oxygens (including phenoxy) is 1. The average molecular weight is 274 g/mol. The van der Waals surface area contributed by atoms with Crippen molar-refractivity contribution in [3.05, 3.63) is 42.5 Å². The Morgan fingerprint density at radius 1 is 1.40 bits per heavy atom. The maximum atomic E-state index is 11.9. The summed E-state index contributed by atoms with van der Waals surface area (Å²) < 4.78 is 6.80. The first-order valence-electron chi connectivity index (χ1n) is 6.36. The van der Waals surface area contributed by atoms with Crippen LogP contribution in [0.5, 0.6) is 5.75 Å². The zero-order valence-corrected chi connectivity index (χ0v) is 11.4.